The first-order valence-electron chi connectivity index (χ1n) is 7.13. The summed E-state index contributed by atoms with van der Waals surface area (Å²) in [6.07, 6.45) is 1.06. The number of nitrogens with one attached hydrogen (secondary N) is 1. The van der Waals surface area contributed by atoms with Crippen LogP contribution in [0.1, 0.15) is 17.0 Å². The second-order valence-electron chi connectivity index (χ2n) is 5.24. The molecule has 0 spiro atoms. The largest absolute Gasteiger partial charge is 0.319 e. The van der Waals surface area contributed by atoms with Crippen LogP contribution >= 0.6 is 27.3 Å². The highest BCUT2D eigenvalue weighted by Gasteiger charge is 2.16. The number of rotatable bonds is 5. The molecule has 21 heavy (non-hydrogen) atoms. The van der Waals surface area contributed by atoms with Crippen LogP contribution in [0.3, 0.4) is 0 Å². The molecule has 3 aromatic rings. The van der Waals surface area contributed by atoms with Crippen molar-refractivity contribution in [3.05, 3.63) is 69.5 Å². The van der Waals surface area contributed by atoms with Gasteiger partial charge in [-0.1, -0.05) is 52.3 Å². The van der Waals surface area contributed by atoms with E-state index in [0.717, 1.165) is 13.0 Å². The Balaban J connectivity index is 1.94. The van der Waals surface area contributed by atoms with E-state index in [4.69, 9.17) is 0 Å². The molecule has 0 bridgehead atoms. The third kappa shape index (κ3) is 3.20. The zero-order valence-corrected chi connectivity index (χ0v) is 14.4. The molecule has 1 nitrogen and oxygen atoms in total. The summed E-state index contributed by atoms with van der Waals surface area (Å²) in [6, 6.07) is 17.2. The lowest BCUT2D eigenvalue weighted by Crippen LogP contribution is -2.19. The Hall–Kier alpha value is -1.16. The lowest BCUT2D eigenvalue weighted by molar-refractivity contribution is 0.626. The molecule has 2 aromatic carbocycles. The summed E-state index contributed by atoms with van der Waals surface area (Å²) in [7, 11) is 2.02. The summed E-state index contributed by atoms with van der Waals surface area (Å²) in [5, 5.41) is 7.05. The lowest BCUT2D eigenvalue weighted by atomic mass is 9.92. The van der Waals surface area contributed by atoms with Crippen LogP contribution in [0.2, 0.25) is 0 Å². The maximum absolute atomic E-state index is 3.70. The summed E-state index contributed by atoms with van der Waals surface area (Å²) < 4.78 is 2.58. The average molecular weight is 360 g/mol. The molecule has 1 atom stereocenters. The van der Waals surface area contributed by atoms with Gasteiger partial charge in [-0.15, -0.1) is 11.3 Å². The maximum Gasteiger partial charge on any atom is 0.0345 e. The van der Waals surface area contributed by atoms with Crippen LogP contribution < -0.4 is 5.32 Å². The normalized spacial score (nSPS) is 12.7. The Morgan fingerprint density at radius 2 is 1.86 bits per heavy atom. The van der Waals surface area contributed by atoms with Gasteiger partial charge < -0.3 is 5.32 Å². The third-order valence-electron chi connectivity index (χ3n) is 3.82. The SMILES string of the molecule is CNCC(Cc1csc2ccccc12)c1ccccc1Br. The zero-order valence-electron chi connectivity index (χ0n) is 12.0. The summed E-state index contributed by atoms with van der Waals surface area (Å²) >= 11 is 5.54. The molecule has 108 valence electrons. The van der Waals surface area contributed by atoms with Gasteiger partial charge in [0.1, 0.15) is 0 Å². The smallest absolute Gasteiger partial charge is 0.0345 e. The van der Waals surface area contributed by atoms with Crippen molar-refractivity contribution in [3.8, 4) is 0 Å². The minimum absolute atomic E-state index is 0.476. The summed E-state index contributed by atoms with van der Waals surface area (Å²) in [5.74, 6) is 0.476. The number of halogens is 1. The van der Waals surface area contributed by atoms with Gasteiger partial charge in [0, 0.05) is 21.6 Å². The Morgan fingerprint density at radius 1 is 1.10 bits per heavy atom. The number of hydrogen-bond donors (Lipinski definition) is 1. The predicted octanol–water partition coefficient (Wildman–Crippen LogP) is 5.21. The van der Waals surface area contributed by atoms with E-state index in [-0.39, 0.29) is 0 Å². The van der Waals surface area contributed by atoms with Crippen LogP contribution in [-0.2, 0) is 6.42 Å². The standard InChI is InChI=1S/C18H18BrNS/c1-20-11-13(15-6-2-4-8-17(15)19)10-14-12-21-18-9-5-3-7-16(14)18/h2-9,12-13,20H,10-11H2,1H3. The van der Waals surface area contributed by atoms with Gasteiger partial charge in [0.2, 0.25) is 0 Å². The number of thiophene rings is 1. The van der Waals surface area contributed by atoms with Crippen molar-refractivity contribution in [2.24, 2.45) is 0 Å². The molecule has 3 heteroatoms. The molecule has 1 heterocycles. The van der Waals surface area contributed by atoms with Crippen molar-refractivity contribution in [1.29, 1.82) is 0 Å². The molecule has 0 radical (unpaired) electrons. The Bertz CT molecular complexity index is 735. The second kappa shape index (κ2) is 6.73. The average Bonchev–Trinajstić information content (AvgIpc) is 2.91. The fraction of sp³-hybridized carbons (Fsp3) is 0.222. The van der Waals surface area contributed by atoms with Gasteiger partial charge in [0.25, 0.3) is 0 Å². The van der Waals surface area contributed by atoms with Gasteiger partial charge in [-0.25, -0.2) is 0 Å². The molecule has 1 N–H and O–H groups in total. The quantitative estimate of drug-likeness (QED) is 0.659. The molecule has 1 unspecified atom stereocenters. The minimum Gasteiger partial charge on any atom is -0.319 e. The van der Waals surface area contributed by atoms with Crippen molar-refractivity contribution in [2.75, 3.05) is 13.6 Å². The van der Waals surface area contributed by atoms with Gasteiger partial charge in [-0.3, -0.25) is 0 Å². The van der Waals surface area contributed by atoms with Crippen LogP contribution in [0.25, 0.3) is 10.1 Å². The van der Waals surface area contributed by atoms with Crippen LogP contribution in [0.5, 0.6) is 0 Å². The van der Waals surface area contributed by atoms with E-state index in [1.165, 1.54) is 25.7 Å². The molecular weight excluding hydrogens is 342 g/mol. The van der Waals surface area contributed by atoms with Gasteiger partial charge in [0.15, 0.2) is 0 Å². The number of likely N-dealkylation sites (N-methyl/N-ethyl adjacent to an activating group) is 1. The first-order chi connectivity index (χ1) is 10.3. The van der Waals surface area contributed by atoms with E-state index < -0.39 is 0 Å². The second-order valence-corrected chi connectivity index (χ2v) is 7.00. The molecule has 0 aliphatic rings. The van der Waals surface area contributed by atoms with Crippen LogP contribution in [0, 0.1) is 0 Å². The van der Waals surface area contributed by atoms with Crippen LogP contribution in [-0.4, -0.2) is 13.6 Å². The molecule has 3 rings (SSSR count). The van der Waals surface area contributed by atoms with Gasteiger partial charge in [-0.2, -0.15) is 0 Å². The molecule has 0 fully saturated rings. The van der Waals surface area contributed by atoms with E-state index in [1.54, 1.807) is 0 Å². The summed E-state index contributed by atoms with van der Waals surface area (Å²) in [6.45, 7) is 0.979. The highest BCUT2D eigenvalue weighted by molar-refractivity contribution is 9.10. The van der Waals surface area contributed by atoms with E-state index in [9.17, 15) is 0 Å². The van der Waals surface area contributed by atoms with E-state index in [2.05, 4.69) is 75.2 Å². The molecule has 0 aliphatic carbocycles. The van der Waals surface area contributed by atoms with E-state index in [1.807, 2.05) is 18.4 Å². The summed E-state index contributed by atoms with van der Waals surface area (Å²) in [5.41, 5.74) is 2.83. The van der Waals surface area contributed by atoms with Crippen molar-refractivity contribution in [3.63, 3.8) is 0 Å². The monoisotopic (exact) mass is 359 g/mol. The van der Waals surface area contributed by atoms with E-state index in [0.29, 0.717) is 5.92 Å². The Morgan fingerprint density at radius 3 is 2.67 bits per heavy atom. The highest BCUT2D eigenvalue weighted by Crippen LogP contribution is 2.32. The van der Waals surface area contributed by atoms with Gasteiger partial charge >= 0.3 is 0 Å². The molecule has 0 saturated heterocycles. The molecule has 0 aliphatic heterocycles. The third-order valence-corrected chi connectivity index (χ3v) is 5.56. The fourth-order valence-corrected chi connectivity index (χ4v) is 4.39. The number of benzene rings is 2. The highest BCUT2D eigenvalue weighted by atomic mass is 79.9. The van der Waals surface area contributed by atoms with Crippen molar-refractivity contribution >= 4 is 37.4 Å². The van der Waals surface area contributed by atoms with Crippen LogP contribution in [0.15, 0.2) is 58.4 Å². The molecule has 0 saturated carbocycles. The molecular formula is C18H18BrNS. The maximum atomic E-state index is 3.70. The van der Waals surface area contributed by atoms with Crippen molar-refractivity contribution in [1.82, 2.24) is 5.32 Å². The first kappa shape index (κ1) is 14.8. The molecule has 1 aromatic heterocycles. The van der Waals surface area contributed by atoms with Gasteiger partial charge in [-0.05, 0) is 47.5 Å². The zero-order chi connectivity index (χ0) is 14.7. The lowest BCUT2D eigenvalue weighted by Gasteiger charge is -2.18. The van der Waals surface area contributed by atoms with Crippen molar-refractivity contribution < 1.29 is 0 Å². The topological polar surface area (TPSA) is 12.0 Å². The number of fused-ring (bicyclic) bond motifs is 1. The number of hydrogen-bond acceptors (Lipinski definition) is 2. The van der Waals surface area contributed by atoms with Gasteiger partial charge in [0.05, 0.1) is 0 Å². The Kier molecular flexibility index (Phi) is 4.73. The van der Waals surface area contributed by atoms with E-state index >= 15 is 0 Å². The van der Waals surface area contributed by atoms with Crippen molar-refractivity contribution in [2.45, 2.75) is 12.3 Å². The first-order valence-corrected chi connectivity index (χ1v) is 8.81. The minimum atomic E-state index is 0.476. The molecule has 0 amide bonds. The fourth-order valence-electron chi connectivity index (χ4n) is 2.80. The summed E-state index contributed by atoms with van der Waals surface area (Å²) in [4.78, 5) is 0. The predicted molar refractivity (Wildman–Crippen MR) is 96.3 cm³/mol. The Labute approximate surface area is 138 Å². The van der Waals surface area contributed by atoms with Crippen LogP contribution in [0.4, 0.5) is 0 Å².